The van der Waals surface area contributed by atoms with Crippen molar-refractivity contribution in [3.05, 3.63) is 26.4 Å². The number of hydrogen-bond donors (Lipinski definition) is 2. The molecule has 0 spiro atoms. The Labute approximate surface area is 128 Å². The monoisotopic (exact) mass is 311 g/mol. The number of amides is 1. The molecule has 6 nitrogen and oxygen atoms in total. The van der Waals surface area contributed by atoms with Crippen LogP contribution >= 0.6 is 12.2 Å². The average molecular weight is 311 g/mol. The van der Waals surface area contributed by atoms with E-state index in [0.29, 0.717) is 36.3 Å². The Morgan fingerprint density at radius 2 is 1.95 bits per heavy atom. The second-order valence-corrected chi connectivity index (χ2v) is 5.98. The standard InChI is InChI=1S/C14H21N3O3S/c1-8-6-17(7-9(2)20-8)12(18)5-4-11-10(3)15-14(21)16-13(11)19/h8-9H,4-7H2,1-3H3,(H2,15,16,19,21)/t8-,9-/m1/s1. The molecule has 2 rings (SSSR count). The number of aromatic amines is 2. The Hall–Kier alpha value is -1.47. The topological polar surface area (TPSA) is 78.2 Å². The molecular weight excluding hydrogens is 290 g/mol. The number of ether oxygens (including phenoxy) is 1. The smallest absolute Gasteiger partial charge is 0.255 e. The number of rotatable bonds is 3. The van der Waals surface area contributed by atoms with Crippen LogP contribution in [0.2, 0.25) is 0 Å². The van der Waals surface area contributed by atoms with E-state index in [1.165, 1.54) is 0 Å². The van der Waals surface area contributed by atoms with Gasteiger partial charge in [0.25, 0.3) is 5.56 Å². The largest absolute Gasteiger partial charge is 0.372 e. The molecule has 116 valence electrons. The summed E-state index contributed by atoms with van der Waals surface area (Å²) in [5, 5.41) is 0. The zero-order valence-corrected chi connectivity index (χ0v) is 13.4. The van der Waals surface area contributed by atoms with Gasteiger partial charge in [0.1, 0.15) is 0 Å². The van der Waals surface area contributed by atoms with E-state index in [-0.39, 0.29) is 23.7 Å². The number of carbonyl (C=O) groups is 1. The number of H-pyrrole nitrogens is 2. The molecule has 2 N–H and O–H groups in total. The Morgan fingerprint density at radius 3 is 2.52 bits per heavy atom. The van der Waals surface area contributed by atoms with Crippen molar-refractivity contribution in [3.63, 3.8) is 0 Å². The van der Waals surface area contributed by atoms with E-state index in [9.17, 15) is 9.59 Å². The highest BCUT2D eigenvalue weighted by molar-refractivity contribution is 7.71. The van der Waals surface area contributed by atoms with Crippen LogP contribution in [-0.4, -0.2) is 46.1 Å². The number of aromatic nitrogens is 2. The Morgan fingerprint density at radius 1 is 1.33 bits per heavy atom. The maximum Gasteiger partial charge on any atom is 0.255 e. The van der Waals surface area contributed by atoms with Gasteiger partial charge in [-0.05, 0) is 39.4 Å². The molecule has 1 aliphatic rings. The zero-order valence-electron chi connectivity index (χ0n) is 12.6. The summed E-state index contributed by atoms with van der Waals surface area (Å²) in [6.07, 6.45) is 0.826. The Kier molecular flexibility index (Phi) is 4.95. The van der Waals surface area contributed by atoms with Gasteiger partial charge in [0.2, 0.25) is 5.91 Å². The minimum atomic E-state index is -0.215. The molecule has 1 amide bonds. The fourth-order valence-electron chi connectivity index (χ4n) is 2.70. The van der Waals surface area contributed by atoms with E-state index in [1.807, 2.05) is 18.7 Å². The molecule has 0 radical (unpaired) electrons. The third kappa shape index (κ3) is 4.01. The minimum absolute atomic E-state index is 0.0515. The number of aryl methyl sites for hydroxylation is 1. The van der Waals surface area contributed by atoms with E-state index >= 15 is 0 Å². The van der Waals surface area contributed by atoms with Crippen molar-refractivity contribution in [1.29, 1.82) is 0 Å². The molecule has 7 heteroatoms. The third-order valence-electron chi connectivity index (χ3n) is 3.62. The van der Waals surface area contributed by atoms with Crippen molar-refractivity contribution in [2.24, 2.45) is 0 Å². The summed E-state index contributed by atoms with van der Waals surface area (Å²) < 4.78 is 5.92. The van der Waals surface area contributed by atoms with E-state index < -0.39 is 0 Å². The van der Waals surface area contributed by atoms with Crippen LogP contribution in [0.4, 0.5) is 0 Å². The fraction of sp³-hybridized carbons (Fsp3) is 0.643. The fourth-order valence-corrected chi connectivity index (χ4v) is 2.94. The normalized spacial score (nSPS) is 22.3. The van der Waals surface area contributed by atoms with E-state index in [2.05, 4.69) is 9.97 Å². The highest BCUT2D eigenvalue weighted by Crippen LogP contribution is 2.13. The number of hydrogen-bond acceptors (Lipinski definition) is 4. The summed E-state index contributed by atoms with van der Waals surface area (Å²) in [6.45, 7) is 6.93. The van der Waals surface area contributed by atoms with Gasteiger partial charge in [-0.2, -0.15) is 0 Å². The summed E-state index contributed by atoms with van der Waals surface area (Å²) in [7, 11) is 0. The van der Waals surface area contributed by atoms with Gasteiger partial charge in [-0.15, -0.1) is 0 Å². The maximum atomic E-state index is 12.3. The van der Waals surface area contributed by atoms with Gasteiger partial charge >= 0.3 is 0 Å². The zero-order chi connectivity index (χ0) is 15.6. The molecule has 1 aromatic heterocycles. The molecule has 1 saturated heterocycles. The highest BCUT2D eigenvalue weighted by atomic mass is 32.1. The number of morpholine rings is 1. The van der Waals surface area contributed by atoms with Crippen LogP contribution in [0.25, 0.3) is 0 Å². The minimum Gasteiger partial charge on any atom is -0.372 e. The number of carbonyl (C=O) groups excluding carboxylic acids is 1. The summed E-state index contributed by atoms with van der Waals surface area (Å²) in [6, 6.07) is 0. The number of nitrogens with zero attached hydrogens (tertiary/aromatic N) is 1. The van der Waals surface area contributed by atoms with Crippen LogP contribution in [0.15, 0.2) is 4.79 Å². The van der Waals surface area contributed by atoms with Crippen molar-refractivity contribution >= 4 is 18.1 Å². The van der Waals surface area contributed by atoms with Crippen LogP contribution in [-0.2, 0) is 16.0 Å². The molecule has 2 heterocycles. The van der Waals surface area contributed by atoms with E-state index in [1.54, 1.807) is 6.92 Å². The van der Waals surface area contributed by atoms with Gasteiger partial charge in [0.05, 0.1) is 12.2 Å². The quantitative estimate of drug-likeness (QED) is 0.825. The Balaban J connectivity index is 2.01. The Bertz CT molecular complexity index is 627. The van der Waals surface area contributed by atoms with Gasteiger partial charge in [-0.3, -0.25) is 14.6 Å². The molecule has 2 atom stereocenters. The maximum absolute atomic E-state index is 12.3. The first-order valence-corrected chi connectivity index (χ1v) is 7.53. The van der Waals surface area contributed by atoms with Crippen LogP contribution in [0, 0.1) is 11.7 Å². The van der Waals surface area contributed by atoms with Crippen LogP contribution in [0.5, 0.6) is 0 Å². The molecule has 1 aromatic rings. The van der Waals surface area contributed by atoms with Crippen LogP contribution in [0.3, 0.4) is 0 Å². The average Bonchev–Trinajstić information content (AvgIpc) is 2.35. The SMILES string of the molecule is Cc1[nH]c(=S)[nH]c(=O)c1CCC(=O)N1C[C@@H](C)O[C@H](C)C1. The first-order chi connectivity index (χ1) is 9.86. The lowest BCUT2D eigenvalue weighted by Gasteiger charge is -2.35. The summed E-state index contributed by atoms with van der Waals surface area (Å²) in [5.74, 6) is 0.0539. The first-order valence-electron chi connectivity index (χ1n) is 7.12. The summed E-state index contributed by atoms with van der Waals surface area (Å²) >= 11 is 4.91. The van der Waals surface area contributed by atoms with Gasteiger partial charge in [-0.1, -0.05) is 0 Å². The molecule has 0 aromatic carbocycles. The van der Waals surface area contributed by atoms with Crippen molar-refractivity contribution in [2.75, 3.05) is 13.1 Å². The molecular formula is C14H21N3O3S. The summed E-state index contributed by atoms with van der Waals surface area (Å²) in [5.41, 5.74) is 1.10. The predicted molar refractivity (Wildman–Crippen MR) is 81.9 cm³/mol. The van der Waals surface area contributed by atoms with Crippen molar-refractivity contribution in [1.82, 2.24) is 14.9 Å². The van der Waals surface area contributed by atoms with Gasteiger partial charge in [0.15, 0.2) is 4.77 Å². The lowest BCUT2D eigenvalue weighted by Crippen LogP contribution is -2.48. The van der Waals surface area contributed by atoms with Gasteiger partial charge in [-0.25, -0.2) is 0 Å². The second kappa shape index (κ2) is 6.53. The third-order valence-corrected chi connectivity index (χ3v) is 3.82. The van der Waals surface area contributed by atoms with Gasteiger partial charge < -0.3 is 14.6 Å². The predicted octanol–water partition coefficient (Wildman–Crippen LogP) is 1.31. The lowest BCUT2D eigenvalue weighted by molar-refractivity contribution is -0.143. The van der Waals surface area contributed by atoms with Crippen molar-refractivity contribution in [3.8, 4) is 0 Å². The van der Waals surface area contributed by atoms with Crippen molar-refractivity contribution < 1.29 is 9.53 Å². The molecule has 1 fully saturated rings. The van der Waals surface area contributed by atoms with Crippen molar-refractivity contribution in [2.45, 2.75) is 45.8 Å². The van der Waals surface area contributed by atoms with Crippen LogP contribution in [0.1, 0.15) is 31.5 Å². The molecule has 0 aliphatic carbocycles. The van der Waals surface area contributed by atoms with Crippen LogP contribution < -0.4 is 5.56 Å². The first kappa shape index (κ1) is 15.9. The lowest BCUT2D eigenvalue weighted by atomic mass is 10.1. The molecule has 0 unspecified atom stereocenters. The summed E-state index contributed by atoms with van der Waals surface area (Å²) in [4.78, 5) is 31.4. The number of nitrogens with one attached hydrogen (secondary N) is 2. The molecule has 1 aliphatic heterocycles. The van der Waals surface area contributed by atoms with E-state index in [4.69, 9.17) is 17.0 Å². The molecule has 0 saturated carbocycles. The highest BCUT2D eigenvalue weighted by Gasteiger charge is 2.25. The molecule has 0 bridgehead atoms. The second-order valence-electron chi connectivity index (χ2n) is 5.57. The van der Waals surface area contributed by atoms with E-state index in [0.717, 1.165) is 5.69 Å². The molecule has 21 heavy (non-hydrogen) atoms. The van der Waals surface area contributed by atoms with Gasteiger partial charge in [0, 0.05) is 30.8 Å².